The van der Waals surface area contributed by atoms with E-state index in [1.54, 1.807) is 0 Å². The molecular weight excluding hydrogens is 254 g/mol. The van der Waals surface area contributed by atoms with Crippen molar-refractivity contribution in [2.75, 3.05) is 11.9 Å². The molecule has 5 nitrogen and oxygen atoms in total. The van der Waals surface area contributed by atoms with Gasteiger partial charge >= 0.3 is 0 Å². The third-order valence-electron chi connectivity index (χ3n) is 3.40. The zero-order chi connectivity index (χ0) is 13.1. The summed E-state index contributed by atoms with van der Waals surface area (Å²) in [6, 6.07) is 1.33. The molecule has 2 atom stereocenters. The van der Waals surface area contributed by atoms with Crippen molar-refractivity contribution in [1.82, 2.24) is 4.98 Å². The van der Waals surface area contributed by atoms with Gasteiger partial charge in [0, 0.05) is 12.6 Å². The Hall–Kier alpha value is -1.36. The van der Waals surface area contributed by atoms with E-state index in [1.807, 2.05) is 0 Å². The van der Waals surface area contributed by atoms with Gasteiger partial charge in [-0.3, -0.25) is 10.1 Å². The van der Waals surface area contributed by atoms with Gasteiger partial charge in [0.15, 0.2) is 0 Å². The molecule has 0 amide bonds. The summed E-state index contributed by atoms with van der Waals surface area (Å²) in [6.45, 7) is 3.09. The van der Waals surface area contributed by atoms with Crippen LogP contribution in [-0.4, -0.2) is 16.5 Å². The topological polar surface area (TPSA) is 68.1 Å². The number of rotatable bonds is 4. The number of pyridine rings is 1. The van der Waals surface area contributed by atoms with Gasteiger partial charge in [-0.25, -0.2) is 4.98 Å². The van der Waals surface area contributed by atoms with Crippen LogP contribution in [0.4, 0.5) is 11.5 Å². The van der Waals surface area contributed by atoms with Crippen molar-refractivity contribution in [3.05, 3.63) is 27.4 Å². The van der Waals surface area contributed by atoms with E-state index in [-0.39, 0.29) is 5.69 Å². The molecule has 0 radical (unpaired) electrons. The largest absolute Gasteiger partial charge is 0.369 e. The molecular formula is C12H16ClN3O2. The maximum atomic E-state index is 10.6. The van der Waals surface area contributed by atoms with Crippen LogP contribution in [0.3, 0.4) is 0 Å². The summed E-state index contributed by atoms with van der Waals surface area (Å²) in [6.07, 6.45) is 4.94. The number of nitrogens with zero attached hydrogens (tertiary/aromatic N) is 2. The van der Waals surface area contributed by atoms with Crippen LogP contribution in [-0.2, 0) is 0 Å². The van der Waals surface area contributed by atoms with E-state index in [9.17, 15) is 10.1 Å². The van der Waals surface area contributed by atoms with Crippen LogP contribution >= 0.6 is 11.6 Å². The lowest BCUT2D eigenvalue weighted by atomic mass is 10.1. The number of halogens is 1. The molecule has 0 saturated heterocycles. The lowest BCUT2D eigenvalue weighted by molar-refractivity contribution is -0.385. The normalized spacial score (nSPS) is 23.0. The Morgan fingerprint density at radius 3 is 2.94 bits per heavy atom. The molecule has 2 unspecified atom stereocenters. The van der Waals surface area contributed by atoms with Crippen molar-refractivity contribution in [2.24, 2.45) is 11.8 Å². The SMILES string of the molecule is CC1CCC(CNc2ncc([N+](=O)[O-])cc2Cl)C1. The number of nitrogens with one attached hydrogen (secondary N) is 1. The first-order valence-corrected chi connectivity index (χ1v) is 6.48. The first kappa shape index (κ1) is 13.1. The van der Waals surface area contributed by atoms with Gasteiger partial charge in [-0.1, -0.05) is 24.9 Å². The van der Waals surface area contributed by atoms with E-state index in [1.165, 1.54) is 31.5 Å². The van der Waals surface area contributed by atoms with Crippen LogP contribution in [0.5, 0.6) is 0 Å². The van der Waals surface area contributed by atoms with E-state index < -0.39 is 4.92 Å². The minimum absolute atomic E-state index is 0.0833. The Morgan fingerprint density at radius 1 is 1.61 bits per heavy atom. The fourth-order valence-corrected chi connectivity index (χ4v) is 2.64. The fraction of sp³-hybridized carbons (Fsp3) is 0.583. The average Bonchev–Trinajstić information content (AvgIpc) is 2.73. The summed E-state index contributed by atoms with van der Waals surface area (Å²) in [5.41, 5.74) is -0.0833. The lowest BCUT2D eigenvalue weighted by Crippen LogP contribution is -2.12. The monoisotopic (exact) mass is 269 g/mol. The summed E-state index contributed by atoms with van der Waals surface area (Å²) >= 11 is 5.96. The molecule has 0 aliphatic heterocycles. The Bertz CT molecular complexity index is 453. The highest BCUT2D eigenvalue weighted by Gasteiger charge is 2.21. The number of aromatic nitrogens is 1. The zero-order valence-corrected chi connectivity index (χ0v) is 11.0. The Kier molecular flexibility index (Phi) is 4.01. The molecule has 1 aromatic heterocycles. The van der Waals surface area contributed by atoms with Crippen LogP contribution < -0.4 is 5.32 Å². The highest BCUT2D eigenvalue weighted by Crippen LogP contribution is 2.31. The second kappa shape index (κ2) is 5.52. The highest BCUT2D eigenvalue weighted by atomic mass is 35.5. The van der Waals surface area contributed by atoms with E-state index in [4.69, 9.17) is 11.6 Å². The van der Waals surface area contributed by atoms with Crippen molar-refractivity contribution >= 4 is 23.1 Å². The summed E-state index contributed by atoms with van der Waals surface area (Å²) in [5, 5.41) is 14.0. The van der Waals surface area contributed by atoms with Crippen molar-refractivity contribution in [2.45, 2.75) is 26.2 Å². The van der Waals surface area contributed by atoms with Crippen molar-refractivity contribution in [1.29, 1.82) is 0 Å². The molecule has 1 fully saturated rings. The van der Waals surface area contributed by atoms with Gasteiger partial charge in [0.1, 0.15) is 12.0 Å². The van der Waals surface area contributed by atoms with E-state index in [0.29, 0.717) is 16.8 Å². The summed E-state index contributed by atoms with van der Waals surface area (Å²) in [4.78, 5) is 14.1. The Morgan fingerprint density at radius 2 is 2.39 bits per heavy atom. The van der Waals surface area contributed by atoms with Gasteiger partial charge in [0.2, 0.25) is 0 Å². The molecule has 1 saturated carbocycles. The van der Waals surface area contributed by atoms with Gasteiger partial charge in [0.05, 0.1) is 9.95 Å². The Labute approximate surface area is 111 Å². The molecule has 1 aliphatic rings. The fourth-order valence-electron chi connectivity index (χ4n) is 2.41. The molecule has 98 valence electrons. The lowest BCUT2D eigenvalue weighted by Gasteiger charge is -2.12. The predicted octanol–water partition coefficient (Wildman–Crippen LogP) is 3.49. The summed E-state index contributed by atoms with van der Waals surface area (Å²) < 4.78 is 0. The second-order valence-corrected chi connectivity index (χ2v) is 5.35. The number of anilines is 1. The molecule has 0 bridgehead atoms. The molecule has 1 aromatic rings. The maximum Gasteiger partial charge on any atom is 0.289 e. The van der Waals surface area contributed by atoms with Gasteiger partial charge < -0.3 is 5.32 Å². The number of hydrogen-bond donors (Lipinski definition) is 1. The zero-order valence-electron chi connectivity index (χ0n) is 10.2. The van der Waals surface area contributed by atoms with Crippen LogP contribution in [0.2, 0.25) is 5.02 Å². The smallest absolute Gasteiger partial charge is 0.289 e. The Balaban J connectivity index is 1.95. The van der Waals surface area contributed by atoms with E-state index in [2.05, 4.69) is 17.2 Å². The quantitative estimate of drug-likeness (QED) is 0.671. The molecule has 1 N–H and O–H groups in total. The number of nitro groups is 1. The first-order valence-electron chi connectivity index (χ1n) is 6.10. The molecule has 2 rings (SSSR count). The average molecular weight is 270 g/mol. The predicted molar refractivity (Wildman–Crippen MR) is 70.9 cm³/mol. The molecule has 0 aromatic carbocycles. The van der Waals surface area contributed by atoms with E-state index >= 15 is 0 Å². The van der Waals surface area contributed by atoms with Crippen molar-refractivity contribution in [3.8, 4) is 0 Å². The summed E-state index contributed by atoms with van der Waals surface area (Å²) in [7, 11) is 0. The van der Waals surface area contributed by atoms with Gasteiger partial charge in [-0.15, -0.1) is 0 Å². The van der Waals surface area contributed by atoms with Crippen LogP contribution in [0, 0.1) is 22.0 Å². The standard InChI is InChI=1S/C12H16ClN3O2/c1-8-2-3-9(4-8)6-14-12-11(13)5-10(7-15-12)16(17)18/h5,7-9H,2-4,6H2,1H3,(H,14,15). The molecule has 18 heavy (non-hydrogen) atoms. The van der Waals surface area contributed by atoms with E-state index in [0.717, 1.165) is 12.5 Å². The summed E-state index contributed by atoms with van der Waals surface area (Å²) in [5.74, 6) is 1.96. The molecule has 0 spiro atoms. The van der Waals surface area contributed by atoms with Gasteiger partial charge in [-0.05, 0) is 24.7 Å². The third-order valence-corrected chi connectivity index (χ3v) is 3.69. The van der Waals surface area contributed by atoms with Gasteiger partial charge in [-0.2, -0.15) is 0 Å². The minimum Gasteiger partial charge on any atom is -0.369 e. The van der Waals surface area contributed by atoms with Gasteiger partial charge in [0.25, 0.3) is 5.69 Å². The van der Waals surface area contributed by atoms with Crippen molar-refractivity contribution < 1.29 is 4.92 Å². The third kappa shape index (κ3) is 3.10. The van der Waals surface area contributed by atoms with Crippen LogP contribution in [0.1, 0.15) is 26.2 Å². The molecule has 6 heteroatoms. The minimum atomic E-state index is -0.499. The highest BCUT2D eigenvalue weighted by molar-refractivity contribution is 6.33. The molecule has 1 heterocycles. The maximum absolute atomic E-state index is 10.6. The van der Waals surface area contributed by atoms with Crippen LogP contribution in [0.15, 0.2) is 12.3 Å². The first-order chi connectivity index (χ1) is 8.56. The van der Waals surface area contributed by atoms with Crippen molar-refractivity contribution in [3.63, 3.8) is 0 Å². The number of hydrogen-bond acceptors (Lipinski definition) is 4. The second-order valence-electron chi connectivity index (χ2n) is 4.95. The van der Waals surface area contributed by atoms with Crippen LogP contribution in [0.25, 0.3) is 0 Å². The molecule has 1 aliphatic carbocycles.